The van der Waals surface area contributed by atoms with Crippen LogP contribution in [-0.2, 0) is 4.74 Å². The van der Waals surface area contributed by atoms with Crippen LogP contribution in [0.1, 0.15) is 36.3 Å². The van der Waals surface area contributed by atoms with Crippen molar-refractivity contribution in [1.82, 2.24) is 5.32 Å². The molecule has 0 aliphatic heterocycles. The fourth-order valence-corrected chi connectivity index (χ4v) is 2.63. The van der Waals surface area contributed by atoms with Crippen molar-refractivity contribution in [1.29, 1.82) is 0 Å². The van der Waals surface area contributed by atoms with Gasteiger partial charge in [0.2, 0.25) is 0 Å². The Bertz CT molecular complexity index is 371. The van der Waals surface area contributed by atoms with Crippen LogP contribution in [0.15, 0.2) is 24.3 Å². The Morgan fingerprint density at radius 3 is 2.63 bits per heavy atom. The SMILES string of the molecule is COCC(O)CCNC1CC(c2ccc(C)cc2)C1. The molecule has 0 saturated heterocycles. The highest BCUT2D eigenvalue weighted by Crippen LogP contribution is 2.36. The van der Waals surface area contributed by atoms with Gasteiger partial charge in [0.05, 0.1) is 12.7 Å². The molecular formula is C16H25NO2. The van der Waals surface area contributed by atoms with Gasteiger partial charge in [-0.15, -0.1) is 0 Å². The van der Waals surface area contributed by atoms with Crippen LogP contribution in [-0.4, -0.2) is 37.5 Å². The number of hydrogen-bond acceptors (Lipinski definition) is 3. The summed E-state index contributed by atoms with van der Waals surface area (Å²) in [4.78, 5) is 0. The summed E-state index contributed by atoms with van der Waals surface area (Å²) in [6.45, 7) is 3.42. The highest BCUT2D eigenvalue weighted by atomic mass is 16.5. The molecule has 0 spiro atoms. The molecule has 0 heterocycles. The fourth-order valence-electron chi connectivity index (χ4n) is 2.63. The molecule has 1 saturated carbocycles. The van der Waals surface area contributed by atoms with Gasteiger partial charge in [0.25, 0.3) is 0 Å². The molecule has 1 fully saturated rings. The smallest absolute Gasteiger partial charge is 0.0785 e. The topological polar surface area (TPSA) is 41.5 Å². The molecule has 1 aliphatic carbocycles. The van der Waals surface area contributed by atoms with E-state index in [4.69, 9.17) is 4.74 Å². The van der Waals surface area contributed by atoms with Crippen LogP contribution in [0.2, 0.25) is 0 Å². The zero-order valence-corrected chi connectivity index (χ0v) is 11.9. The Kier molecular flexibility index (Phi) is 5.37. The third-order valence-electron chi connectivity index (χ3n) is 3.96. The van der Waals surface area contributed by atoms with Crippen molar-refractivity contribution in [2.24, 2.45) is 0 Å². The highest BCUT2D eigenvalue weighted by Gasteiger charge is 2.29. The average Bonchev–Trinajstić information content (AvgIpc) is 2.34. The minimum atomic E-state index is -0.342. The molecule has 1 aliphatic rings. The second-order valence-electron chi connectivity index (χ2n) is 5.63. The van der Waals surface area contributed by atoms with E-state index in [2.05, 4.69) is 36.5 Å². The van der Waals surface area contributed by atoms with Crippen LogP contribution < -0.4 is 5.32 Å². The molecule has 19 heavy (non-hydrogen) atoms. The van der Waals surface area contributed by atoms with Crippen LogP contribution in [0.4, 0.5) is 0 Å². The summed E-state index contributed by atoms with van der Waals surface area (Å²) < 4.78 is 4.91. The predicted molar refractivity (Wildman–Crippen MR) is 77.4 cm³/mol. The minimum Gasteiger partial charge on any atom is -0.391 e. The number of methoxy groups -OCH3 is 1. The van der Waals surface area contributed by atoms with Gasteiger partial charge in [-0.3, -0.25) is 0 Å². The monoisotopic (exact) mass is 263 g/mol. The van der Waals surface area contributed by atoms with Crippen molar-refractivity contribution < 1.29 is 9.84 Å². The van der Waals surface area contributed by atoms with E-state index in [9.17, 15) is 5.11 Å². The lowest BCUT2D eigenvalue weighted by Gasteiger charge is -2.36. The lowest BCUT2D eigenvalue weighted by atomic mass is 9.75. The van der Waals surface area contributed by atoms with Gasteiger partial charge in [-0.25, -0.2) is 0 Å². The van der Waals surface area contributed by atoms with Gasteiger partial charge in [-0.2, -0.15) is 0 Å². The summed E-state index contributed by atoms with van der Waals surface area (Å²) in [6.07, 6.45) is 2.84. The number of nitrogens with one attached hydrogen (secondary N) is 1. The molecule has 0 aromatic heterocycles. The van der Waals surface area contributed by atoms with Gasteiger partial charge >= 0.3 is 0 Å². The molecule has 106 valence electrons. The van der Waals surface area contributed by atoms with Crippen LogP contribution in [0.3, 0.4) is 0 Å². The summed E-state index contributed by atoms with van der Waals surface area (Å²) in [5, 5.41) is 13.0. The third kappa shape index (κ3) is 4.30. The number of aliphatic hydroxyl groups is 1. The number of rotatable bonds is 7. The van der Waals surface area contributed by atoms with Gasteiger partial charge in [0.15, 0.2) is 0 Å². The Morgan fingerprint density at radius 2 is 2.00 bits per heavy atom. The largest absolute Gasteiger partial charge is 0.391 e. The van der Waals surface area contributed by atoms with Crippen LogP contribution in [0, 0.1) is 6.92 Å². The van der Waals surface area contributed by atoms with Crippen LogP contribution >= 0.6 is 0 Å². The summed E-state index contributed by atoms with van der Waals surface area (Å²) in [6, 6.07) is 9.49. The number of aryl methyl sites for hydroxylation is 1. The predicted octanol–water partition coefficient (Wildman–Crippen LogP) is 2.23. The molecule has 0 amide bonds. The average molecular weight is 263 g/mol. The summed E-state index contributed by atoms with van der Waals surface area (Å²) in [7, 11) is 1.62. The highest BCUT2D eigenvalue weighted by molar-refractivity contribution is 5.26. The maximum absolute atomic E-state index is 9.54. The van der Waals surface area contributed by atoms with Gasteiger partial charge in [-0.05, 0) is 44.2 Å². The molecule has 1 unspecified atom stereocenters. The van der Waals surface area contributed by atoms with E-state index in [0.29, 0.717) is 18.6 Å². The lowest BCUT2D eigenvalue weighted by Crippen LogP contribution is -2.41. The molecule has 2 N–H and O–H groups in total. The van der Waals surface area contributed by atoms with Gasteiger partial charge in [0.1, 0.15) is 0 Å². The molecule has 1 aromatic carbocycles. The van der Waals surface area contributed by atoms with Crippen molar-refractivity contribution in [2.75, 3.05) is 20.3 Å². The first kappa shape index (κ1) is 14.5. The summed E-state index contributed by atoms with van der Waals surface area (Å²) in [5.74, 6) is 0.710. The van der Waals surface area contributed by atoms with E-state index in [1.165, 1.54) is 24.0 Å². The second-order valence-corrected chi connectivity index (χ2v) is 5.63. The molecule has 1 atom stereocenters. The molecule has 0 bridgehead atoms. The Labute approximate surface area is 116 Å². The van der Waals surface area contributed by atoms with Gasteiger partial charge < -0.3 is 15.2 Å². The first-order valence-corrected chi connectivity index (χ1v) is 7.16. The lowest BCUT2D eigenvalue weighted by molar-refractivity contribution is 0.0582. The number of benzene rings is 1. The first-order chi connectivity index (χ1) is 9.19. The van der Waals surface area contributed by atoms with Gasteiger partial charge in [0, 0.05) is 13.2 Å². The second kappa shape index (κ2) is 7.04. The first-order valence-electron chi connectivity index (χ1n) is 7.16. The number of aliphatic hydroxyl groups excluding tert-OH is 1. The summed E-state index contributed by atoms with van der Waals surface area (Å²) >= 11 is 0. The van der Waals surface area contributed by atoms with E-state index >= 15 is 0 Å². The third-order valence-corrected chi connectivity index (χ3v) is 3.96. The van der Waals surface area contributed by atoms with E-state index < -0.39 is 0 Å². The molecule has 2 rings (SSSR count). The Morgan fingerprint density at radius 1 is 1.32 bits per heavy atom. The molecule has 3 heteroatoms. The molecular weight excluding hydrogens is 238 g/mol. The number of ether oxygens (including phenoxy) is 1. The molecule has 3 nitrogen and oxygen atoms in total. The summed E-state index contributed by atoms with van der Waals surface area (Å²) in [5.41, 5.74) is 2.79. The van der Waals surface area contributed by atoms with Crippen LogP contribution in [0.5, 0.6) is 0 Å². The minimum absolute atomic E-state index is 0.342. The van der Waals surface area contributed by atoms with Crippen LogP contribution in [0.25, 0.3) is 0 Å². The zero-order valence-electron chi connectivity index (χ0n) is 11.9. The van der Waals surface area contributed by atoms with E-state index in [1.54, 1.807) is 7.11 Å². The normalized spacial score (nSPS) is 23.9. The van der Waals surface area contributed by atoms with E-state index in [1.807, 2.05) is 0 Å². The van der Waals surface area contributed by atoms with Crippen molar-refractivity contribution >= 4 is 0 Å². The maximum atomic E-state index is 9.54. The zero-order chi connectivity index (χ0) is 13.7. The number of hydrogen-bond donors (Lipinski definition) is 2. The van der Waals surface area contributed by atoms with Crippen molar-refractivity contribution in [3.05, 3.63) is 35.4 Å². The van der Waals surface area contributed by atoms with Gasteiger partial charge in [-0.1, -0.05) is 29.8 Å². The standard InChI is InChI=1S/C16H25NO2/c1-12-3-5-13(6-4-12)14-9-15(10-14)17-8-7-16(18)11-19-2/h3-6,14-18H,7-11H2,1-2H3. The van der Waals surface area contributed by atoms with Crippen molar-refractivity contribution in [2.45, 2.75) is 44.2 Å². The molecule has 1 aromatic rings. The quantitative estimate of drug-likeness (QED) is 0.792. The van der Waals surface area contributed by atoms with Crippen molar-refractivity contribution in [3.63, 3.8) is 0 Å². The Balaban J connectivity index is 1.62. The van der Waals surface area contributed by atoms with Crippen molar-refractivity contribution in [3.8, 4) is 0 Å². The molecule has 0 radical (unpaired) electrons. The fraction of sp³-hybridized carbons (Fsp3) is 0.625. The maximum Gasteiger partial charge on any atom is 0.0785 e. The Hall–Kier alpha value is -0.900. The van der Waals surface area contributed by atoms with E-state index in [-0.39, 0.29) is 6.10 Å². The van der Waals surface area contributed by atoms with E-state index in [0.717, 1.165) is 13.0 Å².